The molecule has 0 fully saturated rings. The number of benzene rings is 3. The van der Waals surface area contributed by atoms with Crippen LogP contribution in [0.2, 0.25) is 0 Å². The molecule has 0 atom stereocenters. The smallest absolute Gasteiger partial charge is 0.244 e. The van der Waals surface area contributed by atoms with Gasteiger partial charge in [-0.2, -0.15) is 5.10 Å². The molecule has 0 aromatic heterocycles. The van der Waals surface area contributed by atoms with Gasteiger partial charge in [0.2, 0.25) is 5.91 Å². The molecule has 120 valence electrons. The van der Waals surface area contributed by atoms with E-state index in [-0.39, 0.29) is 5.91 Å². The fraction of sp³-hybridized carbons (Fsp3) is 0.143. The Morgan fingerprint density at radius 3 is 2.62 bits per heavy atom. The Kier molecular flexibility index (Phi) is 4.71. The van der Waals surface area contributed by atoms with E-state index in [1.807, 2.05) is 48.5 Å². The largest absolute Gasteiger partial charge is 0.273 e. The van der Waals surface area contributed by atoms with Gasteiger partial charge in [0.1, 0.15) is 0 Å². The minimum atomic E-state index is -0.116. The minimum Gasteiger partial charge on any atom is -0.273 e. The molecule has 0 heterocycles. The van der Waals surface area contributed by atoms with Crippen molar-refractivity contribution in [2.24, 2.45) is 5.10 Å². The van der Waals surface area contributed by atoms with Gasteiger partial charge in [0.15, 0.2) is 0 Å². The summed E-state index contributed by atoms with van der Waals surface area (Å²) in [6.45, 7) is 4.11. The van der Waals surface area contributed by atoms with Crippen LogP contribution in [-0.4, -0.2) is 12.1 Å². The summed E-state index contributed by atoms with van der Waals surface area (Å²) in [6.07, 6.45) is 2.02. The van der Waals surface area contributed by atoms with Crippen LogP contribution in [0.4, 0.5) is 0 Å². The van der Waals surface area contributed by atoms with Crippen molar-refractivity contribution in [1.82, 2.24) is 5.43 Å². The first-order valence-electron chi connectivity index (χ1n) is 7.99. The molecule has 24 heavy (non-hydrogen) atoms. The van der Waals surface area contributed by atoms with E-state index >= 15 is 0 Å². The molecule has 3 nitrogen and oxygen atoms in total. The van der Waals surface area contributed by atoms with Crippen LogP contribution in [0.1, 0.15) is 22.3 Å². The zero-order chi connectivity index (χ0) is 16.9. The van der Waals surface area contributed by atoms with Crippen molar-refractivity contribution in [1.29, 1.82) is 0 Å². The van der Waals surface area contributed by atoms with Gasteiger partial charge in [0.05, 0.1) is 12.6 Å². The van der Waals surface area contributed by atoms with Crippen LogP contribution in [0.15, 0.2) is 65.8 Å². The van der Waals surface area contributed by atoms with Gasteiger partial charge >= 0.3 is 0 Å². The molecule has 1 N–H and O–H groups in total. The van der Waals surface area contributed by atoms with Crippen molar-refractivity contribution < 1.29 is 4.79 Å². The summed E-state index contributed by atoms with van der Waals surface area (Å²) in [5, 5.41) is 6.38. The van der Waals surface area contributed by atoms with Crippen LogP contribution in [0.25, 0.3) is 10.8 Å². The molecule has 0 radical (unpaired) electrons. The number of hydrogen-bond donors (Lipinski definition) is 1. The number of fused-ring (bicyclic) bond motifs is 1. The third-order valence-corrected chi connectivity index (χ3v) is 4.15. The molecule has 0 saturated carbocycles. The highest BCUT2D eigenvalue weighted by Crippen LogP contribution is 2.16. The number of nitrogens with one attached hydrogen (secondary N) is 1. The van der Waals surface area contributed by atoms with Crippen LogP contribution >= 0.6 is 0 Å². The van der Waals surface area contributed by atoms with Crippen molar-refractivity contribution in [2.45, 2.75) is 20.3 Å². The Balaban J connectivity index is 1.67. The van der Waals surface area contributed by atoms with E-state index in [2.05, 4.69) is 36.5 Å². The summed E-state index contributed by atoms with van der Waals surface area (Å²) in [4.78, 5) is 12.0. The maximum Gasteiger partial charge on any atom is 0.244 e. The molecular weight excluding hydrogens is 296 g/mol. The van der Waals surface area contributed by atoms with Crippen LogP contribution in [0, 0.1) is 13.8 Å². The number of rotatable bonds is 4. The predicted molar refractivity (Wildman–Crippen MR) is 99.3 cm³/mol. The van der Waals surface area contributed by atoms with Gasteiger partial charge in [-0.05, 0) is 41.3 Å². The molecule has 0 unspecified atom stereocenters. The van der Waals surface area contributed by atoms with Crippen LogP contribution < -0.4 is 5.43 Å². The highest BCUT2D eigenvalue weighted by molar-refractivity contribution is 5.99. The quantitative estimate of drug-likeness (QED) is 0.570. The fourth-order valence-electron chi connectivity index (χ4n) is 2.68. The molecule has 1 amide bonds. The molecular formula is C21H20N2O. The van der Waals surface area contributed by atoms with Crippen LogP contribution in [-0.2, 0) is 11.2 Å². The minimum absolute atomic E-state index is 0.116. The van der Waals surface area contributed by atoms with Crippen molar-refractivity contribution in [3.05, 3.63) is 82.9 Å². The van der Waals surface area contributed by atoms with Crippen molar-refractivity contribution in [2.75, 3.05) is 0 Å². The summed E-state index contributed by atoms with van der Waals surface area (Å²) < 4.78 is 0. The van der Waals surface area contributed by atoms with Gasteiger partial charge in [-0.15, -0.1) is 0 Å². The third-order valence-electron chi connectivity index (χ3n) is 4.15. The molecule has 0 saturated heterocycles. The zero-order valence-corrected chi connectivity index (χ0v) is 13.9. The number of hydrazone groups is 1. The highest BCUT2D eigenvalue weighted by Gasteiger charge is 2.03. The number of amides is 1. The number of hydrogen-bond acceptors (Lipinski definition) is 2. The van der Waals surface area contributed by atoms with Gasteiger partial charge in [0.25, 0.3) is 0 Å². The predicted octanol–water partition coefficient (Wildman–Crippen LogP) is 4.15. The van der Waals surface area contributed by atoms with Gasteiger partial charge in [-0.1, -0.05) is 60.7 Å². The summed E-state index contributed by atoms with van der Waals surface area (Å²) in [6, 6.07) is 20.2. The number of carbonyl (C=O) groups is 1. The lowest BCUT2D eigenvalue weighted by molar-refractivity contribution is -0.120. The van der Waals surface area contributed by atoms with E-state index in [9.17, 15) is 4.79 Å². The van der Waals surface area contributed by atoms with Gasteiger partial charge in [0, 0.05) is 5.56 Å². The lowest BCUT2D eigenvalue weighted by Crippen LogP contribution is -2.19. The lowest BCUT2D eigenvalue weighted by atomic mass is 10.0. The first kappa shape index (κ1) is 15.9. The molecule has 0 aliphatic carbocycles. The van der Waals surface area contributed by atoms with Crippen LogP contribution in [0.5, 0.6) is 0 Å². The SMILES string of the molecule is Cc1ccc(CC(=O)N/N=C\c2cccc3ccccc23)cc1C. The molecule has 3 aromatic carbocycles. The standard InChI is InChI=1S/C21H20N2O/c1-15-10-11-17(12-16(15)2)13-21(24)23-22-14-19-8-5-7-18-6-3-4-9-20(18)19/h3-12,14H,13H2,1-2H3,(H,23,24)/b22-14-. The van der Waals surface area contributed by atoms with E-state index in [1.54, 1.807) is 6.21 Å². The molecule has 0 spiro atoms. The van der Waals surface area contributed by atoms with Gasteiger partial charge < -0.3 is 0 Å². The van der Waals surface area contributed by atoms with E-state index in [0.717, 1.165) is 21.9 Å². The van der Waals surface area contributed by atoms with E-state index in [4.69, 9.17) is 0 Å². The maximum absolute atomic E-state index is 12.0. The first-order chi connectivity index (χ1) is 11.6. The zero-order valence-electron chi connectivity index (χ0n) is 13.9. The highest BCUT2D eigenvalue weighted by atomic mass is 16.2. The van der Waals surface area contributed by atoms with Crippen LogP contribution in [0.3, 0.4) is 0 Å². The number of aryl methyl sites for hydroxylation is 2. The second-order valence-corrected chi connectivity index (χ2v) is 5.96. The summed E-state index contributed by atoms with van der Waals surface area (Å²) in [7, 11) is 0. The van der Waals surface area contributed by atoms with E-state index < -0.39 is 0 Å². The van der Waals surface area contributed by atoms with Crippen molar-refractivity contribution >= 4 is 22.9 Å². The number of nitrogens with zero attached hydrogens (tertiary/aromatic N) is 1. The Morgan fingerprint density at radius 1 is 1.00 bits per heavy atom. The second kappa shape index (κ2) is 7.09. The molecule has 0 aliphatic heterocycles. The van der Waals surface area contributed by atoms with Crippen molar-refractivity contribution in [3.63, 3.8) is 0 Å². The molecule has 0 aliphatic rings. The third kappa shape index (κ3) is 3.69. The Labute approximate surface area is 142 Å². The second-order valence-electron chi connectivity index (χ2n) is 5.96. The normalized spacial score (nSPS) is 11.1. The Bertz CT molecular complexity index is 907. The maximum atomic E-state index is 12.0. The van der Waals surface area contributed by atoms with E-state index in [1.165, 1.54) is 11.1 Å². The summed E-state index contributed by atoms with van der Waals surface area (Å²) in [5.41, 5.74) is 7.01. The average molecular weight is 316 g/mol. The fourth-order valence-corrected chi connectivity index (χ4v) is 2.68. The Morgan fingerprint density at radius 2 is 1.79 bits per heavy atom. The van der Waals surface area contributed by atoms with Crippen molar-refractivity contribution in [3.8, 4) is 0 Å². The average Bonchev–Trinajstić information content (AvgIpc) is 2.58. The van der Waals surface area contributed by atoms with E-state index in [0.29, 0.717) is 6.42 Å². The molecule has 3 heteroatoms. The van der Waals surface area contributed by atoms with Gasteiger partial charge in [-0.25, -0.2) is 5.43 Å². The summed E-state index contributed by atoms with van der Waals surface area (Å²) in [5.74, 6) is -0.116. The number of carbonyl (C=O) groups excluding carboxylic acids is 1. The first-order valence-corrected chi connectivity index (χ1v) is 7.99. The molecule has 0 bridgehead atoms. The molecule has 3 rings (SSSR count). The van der Waals surface area contributed by atoms with Gasteiger partial charge in [-0.3, -0.25) is 4.79 Å². The topological polar surface area (TPSA) is 41.5 Å². The summed E-state index contributed by atoms with van der Waals surface area (Å²) >= 11 is 0. The monoisotopic (exact) mass is 316 g/mol. The molecule has 3 aromatic rings. The lowest BCUT2D eigenvalue weighted by Gasteiger charge is -2.05. The Hall–Kier alpha value is -2.94.